The zero-order valence-electron chi connectivity index (χ0n) is 15.5. The molecule has 0 aromatic heterocycles. The zero-order valence-corrected chi connectivity index (χ0v) is 16.3. The summed E-state index contributed by atoms with van der Waals surface area (Å²) in [5.41, 5.74) is 1.86. The van der Waals surface area contributed by atoms with Crippen LogP contribution in [0.1, 0.15) is 12.5 Å². The number of benzene rings is 2. The standard InChI is InChI=1S/C18H22N4O5S/c1-12(23)21-16-8-5-14(11-17(16)27-2)22-18(24)20-10-9-13-3-6-15(7-4-13)28(19,25)26/h3-8,11H,9-10H2,1-2H3,(H,21,23)(H2,19,25,26)(H2,20,22,24). The van der Waals surface area contributed by atoms with Crippen LogP contribution in [-0.4, -0.2) is 34.0 Å². The van der Waals surface area contributed by atoms with Gasteiger partial charge in [0.05, 0.1) is 17.7 Å². The van der Waals surface area contributed by atoms with E-state index in [0.717, 1.165) is 5.56 Å². The fourth-order valence-corrected chi connectivity index (χ4v) is 2.92. The Hall–Kier alpha value is -3.11. The third-order valence-electron chi connectivity index (χ3n) is 3.72. The summed E-state index contributed by atoms with van der Waals surface area (Å²) in [7, 11) is -2.25. The summed E-state index contributed by atoms with van der Waals surface area (Å²) in [6.45, 7) is 1.74. The minimum Gasteiger partial charge on any atom is -0.494 e. The number of hydrogen-bond donors (Lipinski definition) is 4. The largest absolute Gasteiger partial charge is 0.494 e. The van der Waals surface area contributed by atoms with Gasteiger partial charge in [0, 0.05) is 25.2 Å². The molecule has 2 rings (SSSR count). The molecule has 5 N–H and O–H groups in total. The number of nitrogens with one attached hydrogen (secondary N) is 3. The Bertz CT molecular complexity index is 958. The van der Waals surface area contributed by atoms with E-state index in [1.165, 1.54) is 26.2 Å². The first kappa shape index (κ1) is 21.2. The maximum Gasteiger partial charge on any atom is 0.319 e. The van der Waals surface area contributed by atoms with Gasteiger partial charge in [0.15, 0.2) is 0 Å². The Morgan fingerprint density at radius 3 is 2.32 bits per heavy atom. The molecule has 10 heteroatoms. The molecule has 0 atom stereocenters. The first-order valence-corrected chi connectivity index (χ1v) is 9.86. The highest BCUT2D eigenvalue weighted by Gasteiger charge is 2.09. The number of carbonyl (C=O) groups is 2. The van der Waals surface area contributed by atoms with E-state index in [1.807, 2.05) is 0 Å². The number of urea groups is 1. The van der Waals surface area contributed by atoms with Crippen molar-refractivity contribution >= 4 is 33.3 Å². The number of ether oxygens (including phenoxy) is 1. The molecule has 0 saturated carbocycles. The number of sulfonamides is 1. The first-order valence-electron chi connectivity index (χ1n) is 8.31. The van der Waals surface area contributed by atoms with Gasteiger partial charge in [0.25, 0.3) is 0 Å². The minimum atomic E-state index is -3.72. The molecular weight excluding hydrogens is 384 g/mol. The van der Waals surface area contributed by atoms with Crippen molar-refractivity contribution in [3.8, 4) is 5.75 Å². The van der Waals surface area contributed by atoms with E-state index in [0.29, 0.717) is 30.1 Å². The maximum atomic E-state index is 12.0. The highest BCUT2D eigenvalue weighted by Crippen LogP contribution is 2.27. The molecule has 0 spiro atoms. The van der Waals surface area contributed by atoms with Crippen LogP contribution >= 0.6 is 0 Å². The van der Waals surface area contributed by atoms with Crippen LogP contribution in [0.2, 0.25) is 0 Å². The number of rotatable bonds is 7. The Labute approximate surface area is 163 Å². The average Bonchev–Trinajstić information content (AvgIpc) is 2.62. The summed E-state index contributed by atoms with van der Waals surface area (Å²) in [5, 5.41) is 13.1. The summed E-state index contributed by atoms with van der Waals surface area (Å²) in [6.07, 6.45) is 0.517. The number of methoxy groups -OCH3 is 1. The van der Waals surface area contributed by atoms with Crippen LogP contribution in [0.5, 0.6) is 5.75 Å². The molecule has 0 radical (unpaired) electrons. The van der Waals surface area contributed by atoms with Gasteiger partial charge >= 0.3 is 6.03 Å². The minimum absolute atomic E-state index is 0.0404. The van der Waals surface area contributed by atoms with Crippen LogP contribution in [0.4, 0.5) is 16.2 Å². The second kappa shape index (κ2) is 9.20. The van der Waals surface area contributed by atoms with Gasteiger partial charge in [0.1, 0.15) is 5.75 Å². The van der Waals surface area contributed by atoms with E-state index >= 15 is 0 Å². The number of nitrogens with two attached hydrogens (primary N) is 1. The van der Waals surface area contributed by atoms with E-state index in [-0.39, 0.29) is 10.8 Å². The maximum absolute atomic E-state index is 12.0. The Balaban J connectivity index is 1.88. The van der Waals surface area contributed by atoms with Crippen molar-refractivity contribution in [3.63, 3.8) is 0 Å². The molecule has 0 aliphatic heterocycles. The smallest absolute Gasteiger partial charge is 0.319 e. The van der Waals surface area contributed by atoms with Gasteiger partial charge in [-0.2, -0.15) is 0 Å². The van der Waals surface area contributed by atoms with Crippen molar-refractivity contribution in [2.24, 2.45) is 5.14 Å². The fourth-order valence-electron chi connectivity index (χ4n) is 2.40. The number of anilines is 2. The predicted molar refractivity (Wildman–Crippen MR) is 106 cm³/mol. The molecule has 0 bridgehead atoms. The molecular formula is C18H22N4O5S. The molecule has 150 valence electrons. The van der Waals surface area contributed by atoms with Gasteiger partial charge in [-0.1, -0.05) is 12.1 Å². The molecule has 3 amide bonds. The molecule has 2 aromatic rings. The van der Waals surface area contributed by atoms with Crippen molar-refractivity contribution in [1.82, 2.24) is 5.32 Å². The van der Waals surface area contributed by atoms with Crippen LogP contribution in [0.15, 0.2) is 47.4 Å². The lowest BCUT2D eigenvalue weighted by atomic mass is 10.1. The second-order valence-electron chi connectivity index (χ2n) is 5.92. The van der Waals surface area contributed by atoms with Gasteiger partial charge in [-0.15, -0.1) is 0 Å². The molecule has 0 unspecified atom stereocenters. The fraction of sp³-hybridized carbons (Fsp3) is 0.222. The molecule has 28 heavy (non-hydrogen) atoms. The second-order valence-corrected chi connectivity index (χ2v) is 7.48. The van der Waals surface area contributed by atoms with E-state index in [1.54, 1.807) is 30.3 Å². The summed E-state index contributed by atoms with van der Waals surface area (Å²) >= 11 is 0. The number of amides is 3. The van der Waals surface area contributed by atoms with Crippen LogP contribution < -0.4 is 25.8 Å². The van der Waals surface area contributed by atoms with E-state index in [2.05, 4.69) is 16.0 Å². The lowest BCUT2D eigenvalue weighted by Crippen LogP contribution is -2.30. The van der Waals surface area contributed by atoms with E-state index in [9.17, 15) is 18.0 Å². The zero-order chi connectivity index (χ0) is 20.7. The molecule has 9 nitrogen and oxygen atoms in total. The third kappa shape index (κ3) is 6.25. The molecule has 0 aliphatic rings. The van der Waals surface area contributed by atoms with E-state index < -0.39 is 16.1 Å². The van der Waals surface area contributed by atoms with Gasteiger partial charge < -0.3 is 20.7 Å². The lowest BCUT2D eigenvalue weighted by molar-refractivity contribution is -0.114. The summed E-state index contributed by atoms with van der Waals surface area (Å²) < 4.78 is 27.6. The number of primary sulfonamides is 1. The van der Waals surface area contributed by atoms with E-state index in [4.69, 9.17) is 9.88 Å². The van der Waals surface area contributed by atoms with Crippen LogP contribution in [-0.2, 0) is 21.2 Å². The summed E-state index contributed by atoms with van der Waals surface area (Å²) in [5.74, 6) is 0.191. The first-order chi connectivity index (χ1) is 13.2. The highest BCUT2D eigenvalue weighted by molar-refractivity contribution is 7.89. The SMILES string of the molecule is COc1cc(NC(=O)NCCc2ccc(S(N)(=O)=O)cc2)ccc1NC(C)=O. The molecule has 0 aliphatic carbocycles. The van der Waals surface area contributed by atoms with Crippen LogP contribution in [0.25, 0.3) is 0 Å². The van der Waals surface area contributed by atoms with Gasteiger partial charge in [-0.05, 0) is 36.2 Å². The highest BCUT2D eigenvalue weighted by atomic mass is 32.2. The molecule has 0 heterocycles. The van der Waals surface area contributed by atoms with Crippen molar-refractivity contribution in [3.05, 3.63) is 48.0 Å². The third-order valence-corrected chi connectivity index (χ3v) is 4.65. The van der Waals surface area contributed by atoms with Crippen molar-refractivity contribution in [1.29, 1.82) is 0 Å². The summed E-state index contributed by atoms with van der Waals surface area (Å²) in [4.78, 5) is 23.2. The predicted octanol–water partition coefficient (Wildman–Crippen LogP) is 1.67. The molecule has 0 fully saturated rings. The topological polar surface area (TPSA) is 140 Å². The van der Waals surface area contributed by atoms with Crippen molar-refractivity contribution < 1.29 is 22.7 Å². The van der Waals surface area contributed by atoms with Crippen molar-refractivity contribution in [2.75, 3.05) is 24.3 Å². The van der Waals surface area contributed by atoms with Gasteiger partial charge in [-0.3, -0.25) is 4.79 Å². The molecule has 0 saturated heterocycles. The summed E-state index contributed by atoms with van der Waals surface area (Å²) in [6, 6.07) is 10.6. The van der Waals surface area contributed by atoms with Crippen molar-refractivity contribution in [2.45, 2.75) is 18.2 Å². The molecule has 2 aromatic carbocycles. The quantitative estimate of drug-likeness (QED) is 0.554. The Morgan fingerprint density at radius 2 is 1.75 bits per heavy atom. The lowest BCUT2D eigenvalue weighted by Gasteiger charge is -2.12. The average molecular weight is 406 g/mol. The number of hydrogen-bond acceptors (Lipinski definition) is 5. The normalized spacial score (nSPS) is 10.8. The van der Waals surface area contributed by atoms with Crippen LogP contribution in [0.3, 0.4) is 0 Å². The Kier molecular flexibility index (Phi) is 6.96. The van der Waals surface area contributed by atoms with Gasteiger partial charge in [-0.25, -0.2) is 18.4 Å². The number of carbonyl (C=O) groups excluding carboxylic acids is 2. The van der Waals surface area contributed by atoms with Gasteiger partial charge in [0.2, 0.25) is 15.9 Å². The van der Waals surface area contributed by atoms with Crippen LogP contribution in [0, 0.1) is 0 Å². The monoisotopic (exact) mass is 406 g/mol. The Morgan fingerprint density at radius 1 is 1.07 bits per heavy atom.